The zero-order chi connectivity index (χ0) is 23.5. The molecular formula is C27H29N5OS. The van der Waals surface area contributed by atoms with Crippen LogP contribution in [0.2, 0.25) is 0 Å². The lowest BCUT2D eigenvalue weighted by atomic mass is 10.1. The zero-order valence-corrected chi connectivity index (χ0v) is 20.4. The summed E-state index contributed by atoms with van der Waals surface area (Å²) in [5.74, 6) is -0.121. The van der Waals surface area contributed by atoms with Crippen molar-refractivity contribution in [2.45, 2.75) is 39.7 Å². The number of pyridine rings is 1. The van der Waals surface area contributed by atoms with Crippen LogP contribution in [0.3, 0.4) is 0 Å². The minimum atomic E-state index is -0.121. The lowest BCUT2D eigenvalue weighted by molar-refractivity contribution is 0.101. The van der Waals surface area contributed by atoms with Crippen molar-refractivity contribution in [3.63, 3.8) is 0 Å². The lowest BCUT2D eigenvalue weighted by Gasteiger charge is -2.25. The monoisotopic (exact) mass is 471 g/mol. The second-order valence-corrected chi connectivity index (χ2v) is 9.76. The largest absolute Gasteiger partial charge is 0.348 e. The molecule has 0 unspecified atom stereocenters. The molecule has 0 atom stereocenters. The van der Waals surface area contributed by atoms with Gasteiger partial charge in [-0.1, -0.05) is 18.2 Å². The summed E-state index contributed by atoms with van der Waals surface area (Å²) in [6.07, 6.45) is 7.66. The average molecular weight is 472 g/mol. The summed E-state index contributed by atoms with van der Waals surface area (Å²) in [6.45, 7) is 6.74. The number of aromatic nitrogens is 3. The van der Waals surface area contributed by atoms with E-state index in [1.807, 2.05) is 67.2 Å². The van der Waals surface area contributed by atoms with Gasteiger partial charge in [0, 0.05) is 47.8 Å². The van der Waals surface area contributed by atoms with E-state index in [-0.39, 0.29) is 5.91 Å². The molecule has 174 valence electrons. The van der Waals surface area contributed by atoms with Gasteiger partial charge in [-0.2, -0.15) is 0 Å². The Morgan fingerprint density at radius 2 is 1.79 bits per heavy atom. The average Bonchev–Trinajstić information content (AvgIpc) is 3.47. The molecule has 1 aromatic carbocycles. The fraction of sp³-hybridized carbons (Fsp3) is 0.296. The molecule has 34 heavy (non-hydrogen) atoms. The fourth-order valence-electron chi connectivity index (χ4n) is 4.33. The summed E-state index contributed by atoms with van der Waals surface area (Å²) >= 11 is 1.70. The maximum absolute atomic E-state index is 13.1. The summed E-state index contributed by atoms with van der Waals surface area (Å²) in [5.41, 5.74) is 6.56. The molecule has 6 nitrogen and oxygen atoms in total. The summed E-state index contributed by atoms with van der Waals surface area (Å²) in [5, 5.41) is 6.24. The third-order valence-corrected chi connectivity index (χ3v) is 7.10. The Hall–Kier alpha value is -3.45. The second kappa shape index (κ2) is 9.81. The van der Waals surface area contributed by atoms with Crippen LogP contribution < -0.4 is 10.2 Å². The highest BCUT2D eigenvalue weighted by Gasteiger charge is 2.17. The van der Waals surface area contributed by atoms with Crippen LogP contribution in [0.1, 0.15) is 46.7 Å². The Bertz CT molecular complexity index is 1270. The number of piperidine rings is 1. The van der Waals surface area contributed by atoms with Gasteiger partial charge in [0.25, 0.3) is 5.91 Å². The smallest absolute Gasteiger partial charge is 0.272 e. The van der Waals surface area contributed by atoms with Gasteiger partial charge >= 0.3 is 0 Å². The molecule has 3 aromatic heterocycles. The first-order valence-corrected chi connectivity index (χ1v) is 12.6. The fourth-order valence-corrected chi connectivity index (χ4v) is 5.20. The predicted molar refractivity (Wildman–Crippen MR) is 139 cm³/mol. The molecule has 5 rings (SSSR count). The first-order valence-electron chi connectivity index (χ1n) is 11.8. The maximum atomic E-state index is 13.1. The third-order valence-electron chi connectivity index (χ3n) is 6.15. The molecule has 0 saturated carbocycles. The summed E-state index contributed by atoms with van der Waals surface area (Å²) in [6, 6.07) is 13.9. The minimum absolute atomic E-state index is 0.121. The van der Waals surface area contributed by atoms with E-state index < -0.39 is 0 Å². The molecule has 1 N–H and O–H groups in total. The number of hydrogen-bond acceptors (Lipinski definition) is 5. The van der Waals surface area contributed by atoms with E-state index in [4.69, 9.17) is 4.98 Å². The van der Waals surface area contributed by atoms with Gasteiger partial charge in [-0.3, -0.25) is 9.78 Å². The number of carbonyl (C=O) groups excluding carboxylic acids is 1. The third kappa shape index (κ3) is 5.04. The van der Waals surface area contributed by atoms with Gasteiger partial charge in [-0.15, -0.1) is 11.3 Å². The van der Waals surface area contributed by atoms with Gasteiger partial charge in [-0.05, 0) is 68.5 Å². The highest BCUT2D eigenvalue weighted by Crippen LogP contribution is 2.25. The highest BCUT2D eigenvalue weighted by molar-refractivity contribution is 7.13. The van der Waals surface area contributed by atoms with Gasteiger partial charge in [0.15, 0.2) is 5.13 Å². The Morgan fingerprint density at radius 1 is 1.03 bits per heavy atom. The number of benzene rings is 1. The van der Waals surface area contributed by atoms with Gasteiger partial charge < -0.3 is 14.8 Å². The number of aryl methyl sites for hydroxylation is 2. The first-order chi connectivity index (χ1) is 16.5. The molecule has 1 amide bonds. The van der Waals surface area contributed by atoms with Crippen LogP contribution in [0.5, 0.6) is 0 Å². The molecule has 1 saturated heterocycles. The maximum Gasteiger partial charge on any atom is 0.272 e. The van der Waals surface area contributed by atoms with Crippen molar-refractivity contribution in [1.82, 2.24) is 14.5 Å². The number of nitrogens with one attached hydrogen (secondary N) is 1. The van der Waals surface area contributed by atoms with E-state index in [0.29, 0.717) is 12.2 Å². The van der Waals surface area contributed by atoms with E-state index in [1.54, 1.807) is 11.3 Å². The second-order valence-electron chi connectivity index (χ2n) is 8.92. The molecule has 1 aliphatic heterocycles. The van der Waals surface area contributed by atoms with Crippen molar-refractivity contribution >= 4 is 28.1 Å². The van der Waals surface area contributed by atoms with E-state index in [1.165, 1.54) is 19.3 Å². The SMILES string of the molecule is Cc1cc(C(=O)Nc2ccc(-c3ccc(C)nc3)cc2)n(Cc2csc(N3CCCCC3)n2)c1. The van der Waals surface area contributed by atoms with E-state index >= 15 is 0 Å². The number of thiazole rings is 1. The normalized spacial score (nSPS) is 13.8. The standard InChI is InChI=1S/C27H29N5OS/c1-19-14-25(32(16-19)17-24-18-34-27(30-24)31-12-4-3-5-13-31)26(33)29-23-10-8-21(9-11-23)22-7-6-20(2)28-15-22/h6-11,14-16,18H,3-5,12-13,17H2,1-2H3,(H,29,33). The Balaban J connectivity index is 1.28. The Morgan fingerprint density at radius 3 is 2.53 bits per heavy atom. The van der Waals surface area contributed by atoms with Crippen LogP contribution in [0.4, 0.5) is 10.8 Å². The summed E-state index contributed by atoms with van der Waals surface area (Å²) in [7, 11) is 0. The van der Waals surface area contributed by atoms with E-state index in [0.717, 1.165) is 52.0 Å². The summed E-state index contributed by atoms with van der Waals surface area (Å²) < 4.78 is 1.99. The van der Waals surface area contributed by atoms with Crippen LogP contribution in [0.15, 0.2) is 60.2 Å². The highest BCUT2D eigenvalue weighted by atomic mass is 32.1. The first kappa shape index (κ1) is 22.3. The molecule has 1 aliphatic rings. The number of rotatable bonds is 6. The molecule has 1 fully saturated rings. The van der Waals surface area contributed by atoms with Crippen molar-refractivity contribution in [3.8, 4) is 11.1 Å². The van der Waals surface area contributed by atoms with Crippen molar-refractivity contribution in [3.05, 3.63) is 82.9 Å². The molecule has 4 aromatic rings. The molecule has 0 bridgehead atoms. The van der Waals surface area contributed by atoms with Crippen LogP contribution in [-0.4, -0.2) is 33.5 Å². The Labute approximate surface area is 204 Å². The van der Waals surface area contributed by atoms with Gasteiger partial charge in [-0.25, -0.2) is 4.98 Å². The van der Waals surface area contributed by atoms with Gasteiger partial charge in [0.05, 0.1) is 12.2 Å². The number of hydrogen-bond donors (Lipinski definition) is 1. The number of anilines is 2. The zero-order valence-electron chi connectivity index (χ0n) is 19.6. The van der Waals surface area contributed by atoms with Crippen LogP contribution in [-0.2, 0) is 6.54 Å². The van der Waals surface area contributed by atoms with E-state index in [2.05, 4.69) is 26.6 Å². The van der Waals surface area contributed by atoms with Gasteiger partial charge in [0.2, 0.25) is 0 Å². The molecule has 0 aliphatic carbocycles. The predicted octanol–water partition coefficient (Wildman–Crippen LogP) is 5.91. The summed E-state index contributed by atoms with van der Waals surface area (Å²) in [4.78, 5) is 24.7. The minimum Gasteiger partial charge on any atom is -0.348 e. The quantitative estimate of drug-likeness (QED) is 0.379. The van der Waals surface area contributed by atoms with Crippen LogP contribution in [0.25, 0.3) is 11.1 Å². The van der Waals surface area contributed by atoms with E-state index in [9.17, 15) is 4.79 Å². The van der Waals surface area contributed by atoms with Crippen molar-refractivity contribution in [1.29, 1.82) is 0 Å². The number of amides is 1. The molecule has 0 radical (unpaired) electrons. The number of carbonyl (C=O) groups is 1. The van der Waals surface area contributed by atoms with Crippen LogP contribution >= 0.6 is 11.3 Å². The molecular weight excluding hydrogens is 442 g/mol. The lowest BCUT2D eigenvalue weighted by Crippen LogP contribution is -2.29. The van der Waals surface area contributed by atoms with Crippen LogP contribution in [0, 0.1) is 13.8 Å². The topological polar surface area (TPSA) is 63.1 Å². The van der Waals surface area contributed by atoms with Gasteiger partial charge in [0.1, 0.15) is 5.69 Å². The molecule has 4 heterocycles. The van der Waals surface area contributed by atoms with Crippen molar-refractivity contribution in [2.24, 2.45) is 0 Å². The molecule has 0 spiro atoms. The van der Waals surface area contributed by atoms with Crippen molar-refractivity contribution < 1.29 is 4.79 Å². The molecule has 7 heteroatoms. The van der Waals surface area contributed by atoms with Crippen molar-refractivity contribution in [2.75, 3.05) is 23.3 Å². The Kier molecular flexibility index (Phi) is 6.45. The number of nitrogens with zero attached hydrogens (tertiary/aromatic N) is 4.